The highest BCUT2D eigenvalue weighted by atomic mass is 16.6. The fraction of sp³-hybridized carbons (Fsp3) is 0.938. The predicted octanol–water partition coefficient (Wildman–Crippen LogP) is 3.87. The number of carbonyl (C=O) groups is 1. The maximum atomic E-state index is 11.4. The monoisotopic (exact) mass is 287 g/mol. The summed E-state index contributed by atoms with van der Waals surface area (Å²) in [5.41, 5.74) is -0.421. The lowest BCUT2D eigenvalue weighted by atomic mass is 10.0. The number of hydrogen-bond acceptors (Lipinski definition) is 3. The number of nitrogens with one attached hydrogen (secondary N) is 1. The Kier molecular flexibility index (Phi) is 10.5. The molecule has 1 atom stereocenters. The lowest BCUT2D eigenvalue weighted by Gasteiger charge is -2.19. The predicted molar refractivity (Wildman–Crippen MR) is 82.8 cm³/mol. The van der Waals surface area contributed by atoms with E-state index in [2.05, 4.69) is 12.2 Å². The molecular formula is C16H33NO3. The highest BCUT2D eigenvalue weighted by Crippen LogP contribution is 2.11. The molecule has 0 fully saturated rings. The summed E-state index contributed by atoms with van der Waals surface area (Å²) in [6.07, 6.45) is 7.85. The summed E-state index contributed by atoms with van der Waals surface area (Å²) in [5.74, 6) is 0.438. The van der Waals surface area contributed by atoms with Gasteiger partial charge in [-0.25, -0.2) is 4.79 Å². The lowest BCUT2D eigenvalue weighted by Crippen LogP contribution is -2.32. The van der Waals surface area contributed by atoms with Gasteiger partial charge in [0.1, 0.15) is 5.60 Å². The van der Waals surface area contributed by atoms with E-state index in [1.54, 1.807) is 0 Å². The van der Waals surface area contributed by atoms with Crippen LogP contribution in [0.25, 0.3) is 0 Å². The molecule has 4 nitrogen and oxygen atoms in total. The standard InChI is InChI=1S/C16H33NO3/c1-14(13-18)11-9-7-5-6-8-10-12-17-15(19)20-16(2,3)4/h14,18H,5-13H2,1-4H3,(H,17,19). The molecular weight excluding hydrogens is 254 g/mol. The van der Waals surface area contributed by atoms with E-state index < -0.39 is 5.60 Å². The summed E-state index contributed by atoms with van der Waals surface area (Å²) < 4.78 is 5.16. The maximum Gasteiger partial charge on any atom is 0.407 e. The number of alkyl carbamates (subject to hydrolysis) is 1. The summed E-state index contributed by atoms with van der Waals surface area (Å²) in [5, 5.41) is 11.7. The van der Waals surface area contributed by atoms with E-state index in [4.69, 9.17) is 9.84 Å². The van der Waals surface area contributed by atoms with Gasteiger partial charge < -0.3 is 15.2 Å². The fourth-order valence-corrected chi connectivity index (χ4v) is 1.92. The molecule has 0 heterocycles. The number of carbonyl (C=O) groups excluding carboxylic acids is 1. The molecule has 0 rings (SSSR count). The van der Waals surface area contributed by atoms with Crippen LogP contribution in [-0.4, -0.2) is 30.0 Å². The van der Waals surface area contributed by atoms with Crippen molar-refractivity contribution in [2.75, 3.05) is 13.2 Å². The third-order valence-corrected chi connectivity index (χ3v) is 3.10. The maximum absolute atomic E-state index is 11.4. The van der Waals surface area contributed by atoms with Crippen LogP contribution in [-0.2, 0) is 4.74 Å². The van der Waals surface area contributed by atoms with Crippen molar-refractivity contribution in [2.45, 2.75) is 78.2 Å². The lowest BCUT2D eigenvalue weighted by molar-refractivity contribution is 0.0527. The Balaban J connectivity index is 3.27. The number of rotatable bonds is 10. The molecule has 0 bridgehead atoms. The van der Waals surface area contributed by atoms with Crippen LogP contribution in [0.4, 0.5) is 4.79 Å². The molecule has 0 aromatic heterocycles. The van der Waals surface area contributed by atoms with E-state index in [1.807, 2.05) is 20.8 Å². The van der Waals surface area contributed by atoms with Crippen molar-refractivity contribution in [1.29, 1.82) is 0 Å². The van der Waals surface area contributed by atoms with Crippen LogP contribution in [0.15, 0.2) is 0 Å². The first-order valence-corrected chi connectivity index (χ1v) is 7.93. The van der Waals surface area contributed by atoms with Crippen LogP contribution in [0.2, 0.25) is 0 Å². The molecule has 0 aromatic rings. The first-order chi connectivity index (χ1) is 9.35. The molecule has 0 spiro atoms. The van der Waals surface area contributed by atoms with E-state index >= 15 is 0 Å². The Morgan fingerprint density at radius 2 is 1.65 bits per heavy atom. The topological polar surface area (TPSA) is 58.6 Å². The molecule has 20 heavy (non-hydrogen) atoms. The number of amides is 1. The zero-order chi connectivity index (χ0) is 15.4. The smallest absolute Gasteiger partial charge is 0.407 e. The number of unbranched alkanes of at least 4 members (excludes halogenated alkanes) is 5. The average Bonchev–Trinajstić information content (AvgIpc) is 2.34. The molecule has 0 saturated carbocycles. The Labute approximate surface area is 124 Å². The van der Waals surface area contributed by atoms with Crippen molar-refractivity contribution in [2.24, 2.45) is 5.92 Å². The number of hydrogen-bond donors (Lipinski definition) is 2. The first-order valence-electron chi connectivity index (χ1n) is 7.93. The number of ether oxygens (including phenoxy) is 1. The van der Waals surface area contributed by atoms with Gasteiger partial charge in [0.05, 0.1) is 0 Å². The van der Waals surface area contributed by atoms with Crippen LogP contribution in [0, 0.1) is 5.92 Å². The quantitative estimate of drug-likeness (QED) is 0.600. The van der Waals surface area contributed by atoms with Gasteiger partial charge in [0, 0.05) is 13.2 Å². The Morgan fingerprint density at radius 1 is 1.10 bits per heavy atom. The van der Waals surface area contributed by atoms with Crippen molar-refractivity contribution < 1.29 is 14.6 Å². The van der Waals surface area contributed by atoms with Crippen LogP contribution >= 0.6 is 0 Å². The molecule has 0 aliphatic heterocycles. The molecule has 1 amide bonds. The minimum Gasteiger partial charge on any atom is -0.444 e. The van der Waals surface area contributed by atoms with Crippen molar-refractivity contribution >= 4 is 6.09 Å². The summed E-state index contributed by atoms with van der Waals surface area (Å²) in [6, 6.07) is 0. The molecule has 1 unspecified atom stereocenters. The Morgan fingerprint density at radius 3 is 2.20 bits per heavy atom. The Bertz CT molecular complexity index is 249. The van der Waals surface area contributed by atoms with Crippen LogP contribution in [0.3, 0.4) is 0 Å². The van der Waals surface area contributed by atoms with E-state index in [1.165, 1.54) is 25.7 Å². The first kappa shape index (κ1) is 19.2. The normalized spacial score (nSPS) is 13.1. The van der Waals surface area contributed by atoms with E-state index in [-0.39, 0.29) is 6.09 Å². The second kappa shape index (κ2) is 11.0. The second-order valence-corrected chi connectivity index (χ2v) is 6.63. The van der Waals surface area contributed by atoms with E-state index in [0.29, 0.717) is 19.1 Å². The van der Waals surface area contributed by atoms with Crippen molar-refractivity contribution in [3.05, 3.63) is 0 Å². The third kappa shape index (κ3) is 13.7. The largest absolute Gasteiger partial charge is 0.444 e. The molecule has 0 saturated heterocycles. The van der Waals surface area contributed by atoms with Gasteiger partial charge >= 0.3 is 6.09 Å². The minimum absolute atomic E-state index is 0.302. The van der Waals surface area contributed by atoms with Crippen molar-refractivity contribution in [3.8, 4) is 0 Å². The van der Waals surface area contributed by atoms with Gasteiger partial charge in [0.15, 0.2) is 0 Å². The van der Waals surface area contributed by atoms with Crippen LogP contribution < -0.4 is 5.32 Å². The van der Waals surface area contributed by atoms with Gasteiger partial charge in [0.25, 0.3) is 0 Å². The summed E-state index contributed by atoms with van der Waals surface area (Å²) in [4.78, 5) is 11.4. The zero-order valence-electron chi connectivity index (χ0n) is 13.7. The number of aliphatic hydroxyl groups excluding tert-OH is 1. The van der Waals surface area contributed by atoms with Crippen molar-refractivity contribution in [3.63, 3.8) is 0 Å². The molecule has 120 valence electrons. The Hall–Kier alpha value is -0.770. The van der Waals surface area contributed by atoms with E-state index in [0.717, 1.165) is 19.3 Å². The summed E-state index contributed by atoms with van der Waals surface area (Å²) in [6.45, 7) is 8.67. The third-order valence-electron chi connectivity index (χ3n) is 3.10. The summed E-state index contributed by atoms with van der Waals surface area (Å²) >= 11 is 0. The number of aliphatic hydroxyl groups is 1. The van der Waals surface area contributed by atoms with Gasteiger partial charge in [-0.2, -0.15) is 0 Å². The fourth-order valence-electron chi connectivity index (χ4n) is 1.92. The molecule has 0 radical (unpaired) electrons. The average molecular weight is 287 g/mol. The molecule has 0 aliphatic carbocycles. The molecule has 0 aliphatic rings. The van der Waals surface area contributed by atoms with Crippen LogP contribution in [0.1, 0.15) is 72.6 Å². The van der Waals surface area contributed by atoms with Crippen LogP contribution in [0.5, 0.6) is 0 Å². The van der Waals surface area contributed by atoms with Gasteiger partial charge in [-0.1, -0.05) is 39.0 Å². The summed E-state index contributed by atoms with van der Waals surface area (Å²) in [7, 11) is 0. The van der Waals surface area contributed by atoms with Gasteiger partial charge in [-0.3, -0.25) is 0 Å². The second-order valence-electron chi connectivity index (χ2n) is 6.63. The van der Waals surface area contributed by atoms with E-state index in [9.17, 15) is 4.79 Å². The SMILES string of the molecule is CC(CO)CCCCCCCCNC(=O)OC(C)(C)C. The molecule has 4 heteroatoms. The van der Waals surface area contributed by atoms with Gasteiger partial charge in [0.2, 0.25) is 0 Å². The van der Waals surface area contributed by atoms with Gasteiger partial charge in [-0.05, 0) is 39.5 Å². The minimum atomic E-state index is -0.421. The highest BCUT2D eigenvalue weighted by molar-refractivity contribution is 5.67. The zero-order valence-corrected chi connectivity index (χ0v) is 13.7. The molecule has 0 aromatic carbocycles. The van der Waals surface area contributed by atoms with Crippen molar-refractivity contribution in [1.82, 2.24) is 5.32 Å². The van der Waals surface area contributed by atoms with Gasteiger partial charge in [-0.15, -0.1) is 0 Å². The highest BCUT2D eigenvalue weighted by Gasteiger charge is 2.15. The molecule has 2 N–H and O–H groups in total.